The Hall–Kier alpha value is -0.930. The highest BCUT2D eigenvalue weighted by atomic mass is 15.2. The first kappa shape index (κ1) is 15.5. The van der Waals surface area contributed by atoms with Crippen LogP contribution in [0.5, 0.6) is 0 Å². The number of rotatable bonds is 5. The number of hydrogen-bond donors (Lipinski definition) is 1. The van der Waals surface area contributed by atoms with Gasteiger partial charge in [-0.3, -0.25) is 9.88 Å². The standard InChI is InChI=1S/C17H29N3/c1-4-14-6-9-16(10-7-14)20(3)17(11-18)15-8-5-13(2)19-12-15/h5,8,12,14,16-17H,4,6-7,9-11,18H2,1-3H3. The molecule has 1 heterocycles. The molecule has 1 atom stereocenters. The van der Waals surface area contributed by atoms with Gasteiger partial charge in [0.25, 0.3) is 0 Å². The van der Waals surface area contributed by atoms with Crippen LogP contribution in [0, 0.1) is 12.8 Å². The first-order chi connectivity index (χ1) is 9.65. The van der Waals surface area contributed by atoms with Gasteiger partial charge in [-0.05, 0) is 57.2 Å². The fourth-order valence-corrected chi connectivity index (χ4v) is 3.43. The summed E-state index contributed by atoms with van der Waals surface area (Å²) < 4.78 is 0. The molecule has 0 spiro atoms. The van der Waals surface area contributed by atoms with Gasteiger partial charge in [0.15, 0.2) is 0 Å². The Kier molecular flexibility index (Phi) is 5.55. The van der Waals surface area contributed by atoms with Gasteiger partial charge in [0.1, 0.15) is 0 Å². The second kappa shape index (κ2) is 7.19. The Bertz CT molecular complexity index is 393. The van der Waals surface area contributed by atoms with Gasteiger partial charge in [0.05, 0.1) is 0 Å². The highest BCUT2D eigenvalue weighted by Gasteiger charge is 2.27. The predicted octanol–water partition coefficient (Wildman–Crippen LogP) is 3.29. The van der Waals surface area contributed by atoms with E-state index in [1.807, 2.05) is 13.1 Å². The van der Waals surface area contributed by atoms with Crippen molar-refractivity contribution in [2.45, 2.75) is 58.0 Å². The Labute approximate surface area is 123 Å². The molecule has 1 aromatic heterocycles. The third-order valence-corrected chi connectivity index (χ3v) is 5.00. The maximum atomic E-state index is 6.03. The molecule has 112 valence electrons. The van der Waals surface area contributed by atoms with Gasteiger partial charge < -0.3 is 5.73 Å². The van der Waals surface area contributed by atoms with Gasteiger partial charge in [0.2, 0.25) is 0 Å². The first-order valence-corrected chi connectivity index (χ1v) is 8.00. The van der Waals surface area contributed by atoms with Crippen molar-refractivity contribution >= 4 is 0 Å². The number of nitrogens with zero attached hydrogens (tertiary/aromatic N) is 2. The van der Waals surface area contributed by atoms with E-state index < -0.39 is 0 Å². The summed E-state index contributed by atoms with van der Waals surface area (Å²) in [6, 6.07) is 5.23. The van der Waals surface area contributed by atoms with E-state index in [2.05, 4.69) is 36.0 Å². The van der Waals surface area contributed by atoms with Crippen LogP contribution in [0.1, 0.15) is 56.3 Å². The number of nitrogens with two attached hydrogens (primary N) is 1. The highest BCUT2D eigenvalue weighted by Crippen LogP contribution is 2.32. The molecule has 1 aliphatic rings. The molecule has 2 rings (SSSR count). The Balaban J connectivity index is 2.02. The third-order valence-electron chi connectivity index (χ3n) is 5.00. The zero-order valence-electron chi connectivity index (χ0n) is 13.2. The molecule has 3 heteroatoms. The van der Waals surface area contributed by atoms with Gasteiger partial charge in [0, 0.05) is 30.5 Å². The molecule has 20 heavy (non-hydrogen) atoms. The molecule has 3 nitrogen and oxygen atoms in total. The molecule has 0 saturated heterocycles. The molecule has 0 bridgehead atoms. The summed E-state index contributed by atoms with van der Waals surface area (Å²) in [7, 11) is 2.23. The van der Waals surface area contributed by atoms with E-state index in [0.717, 1.165) is 11.6 Å². The van der Waals surface area contributed by atoms with Crippen molar-refractivity contribution in [1.29, 1.82) is 0 Å². The SMILES string of the molecule is CCC1CCC(N(C)C(CN)c2ccc(C)nc2)CC1. The van der Waals surface area contributed by atoms with Crippen LogP contribution in [-0.2, 0) is 0 Å². The molecule has 1 saturated carbocycles. The van der Waals surface area contributed by atoms with Crippen LogP contribution >= 0.6 is 0 Å². The molecule has 1 unspecified atom stereocenters. The van der Waals surface area contributed by atoms with Crippen LogP contribution < -0.4 is 5.73 Å². The average Bonchev–Trinajstić information content (AvgIpc) is 2.50. The zero-order valence-corrected chi connectivity index (χ0v) is 13.2. The lowest BCUT2D eigenvalue weighted by molar-refractivity contribution is 0.122. The minimum atomic E-state index is 0.297. The lowest BCUT2D eigenvalue weighted by atomic mass is 9.83. The van der Waals surface area contributed by atoms with Crippen LogP contribution in [0.25, 0.3) is 0 Å². The number of aromatic nitrogens is 1. The monoisotopic (exact) mass is 275 g/mol. The van der Waals surface area contributed by atoms with Crippen molar-refractivity contribution < 1.29 is 0 Å². The van der Waals surface area contributed by atoms with Crippen LogP contribution in [0.15, 0.2) is 18.3 Å². The van der Waals surface area contributed by atoms with E-state index in [9.17, 15) is 0 Å². The lowest BCUT2D eigenvalue weighted by Gasteiger charge is -2.38. The van der Waals surface area contributed by atoms with E-state index in [4.69, 9.17) is 5.73 Å². The molecule has 1 aromatic rings. The van der Waals surface area contributed by atoms with Crippen molar-refractivity contribution in [2.24, 2.45) is 11.7 Å². The van der Waals surface area contributed by atoms with Crippen LogP contribution in [0.3, 0.4) is 0 Å². The predicted molar refractivity (Wildman–Crippen MR) is 84.6 cm³/mol. The van der Waals surface area contributed by atoms with Crippen LogP contribution in [0.4, 0.5) is 0 Å². The second-order valence-corrected chi connectivity index (χ2v) is 6.23. The second-order valence-electron chi connectivity index (χ2n) is 6.23. The Morgan fingerprint density at radius 2 is 2.00 bits per heavy atom. The number of likely N-dealkylation sites (N-methyl/N-ethyl adjacent to an activating group) is 1. The Morgan fingerprint density at radius 3 is 2.50 bits per heavy atom. The van der Waals surface area contributed by atoms with Gasteiger partial charge >= 0.3 is 0 Å². The third kappa shape index (κ3) is 3.58. The fourth-order valence-electron chi connectivity index (χ4n) is 3.43. The van der Waals surface area contributed by atoms with Gasteiger partial charge in [-0.2, -0.15) is 0 Å². The van der Waals surface area contributed by atoms with Gasteiger partial charge in [-0.1, -0.05) is 19.4 Å². The van der Waals surface area contributed by atoms with Gasteiger partial charge in [-0.25, -0.2) is 0 Å². The maximum Gasteiger partial charge on any atom is 0.0485 e. The smallest absolute Gasteiger partial charge is 0.0485 e. The summed E-state index contributed by atoms with van der Waals surface area (Å²) in [5.41, 5.74) is 8.35. The largest absolute Gasteiger partial charge is 0.329 e. The molecule has 0 amide bonds. The van der Waals surface area contributed by atoms with Crippen LogP contribution in [-0.4, -0.2) is 29.5 Å². The Morgan fingerprint density at radius 1 is 1.30 bits per heavy atom. The van der Waals surface area contributed by atoms with E-state index in [0.29, 0.717) is 18.6 Å². The van der Waals surface area contributed by atoms with Crippen molar-refractivity contribution in [1.82, 2.24) is 9.88 Å². The number of aryl methyl sites for hydroxylation is 1. The molecule has 1 fully saturated rings. The number of hydrogen-bond acceptors (Lipinski definition) is 3. The summed E-state index contributed by atoms with van der Waals surface area (Å²) in [6.45, 7) is 5.00. The maximum absolute atomic E-state index is 6.03. The van der Waals surface area contributed by atoms with E-state index in [1.165, 1.54) is 37.7 Å². The van der Waals surface area contributed by atoms with Crippen LogP contribution in [0.2, 0.25) is 0 Å². The molecular formula is C17H29N3. The van der Waals surface area contributed by atoms with E-state index >= 15 is 0 Å². The first-order valence-electron chi connectivity index (χ1n) is 8.00. The molecular weight excluding hydrogens is 246 g/mol. The minimum Gasteiger partial charge on any atom is -0.329 e. The average molecular weight is 275 g/mol. The van der Waals surface area contributed by atoms with Crippen molar-refractivity contribution in [2.75, 3.05) is 13.6 Å². The molecule has 0 aromatic carbocycles. The quantitative estimate of drug-likeness (QED) is 0.896. The molecule has 1 aliphatic carbocycles. The fraction of sp³-hybridized carbons (Fsp3) is 0.706. The van der Waals surface area contributed by atoms with E-state index in [-0.39, 0.29) is 0 Å². The summed E-state index contributed by atoms with van der Waals surface area (Å²) in [6.07, 6.45) is 8.68. The van der Waals surface area contributed by atoms with Crippen molar-refractivity contribution in [3.8, 4) is 0 Å². The summed E-state index contributed by atoms with van der Waals surface area (Å²) >= 11 is 0. The molecule has 2 N–H and O–H groups in total. The molecule has 0 aliphatic heterocycles. The lowest BCUT2D eigenvalue weighted by Crippen LogP contribution is -2.40. The summed E-state index contributed by atoms with van der Waals surface area (Å²) in [4.78, 5) is 6.90. The van der Waals surface area contributed by atoms with Crippen molar-refractivity contribution in [3.63, 3.8) is 0 Å². The normalized spacial score (nSPS) is 24.9. The zero-order chi connectivity index (χ0) is 14.5. The number of pyridine rings is 1. The molecule has 0 radical (unpaired) electrons. The highest BCUT2D eigenvalue weighted by molar-refractivity contribution is 5.18. The minimum absolute atomic E-state index is 0.297. The summed E-state index contributed by atoms with van der Waals surface area (Å²) in [5.74, 6) is 0.942. The van der Waals surface area contributed by atoms with Gasteiger partial charge in [-0.15, -0.1) is 0 Å². The summed E-state index contributed by atoms with van der Waals surface area (Å²) in [5, 5.41) is 0. The van der Waals surface area contributed by atoms with Crippen molar-refractivity contribution in [3.05, 3.63) is 29.6 Å². The van der Waals surface area contributed by atoms with E-state index in [1.54, 1.807) is 0 Å². The topological polar surface area (TPSA) is 42.1 Å².